The smallest absolute Gasteiger partial charge is 0.191 e. The molecule has 1 aromatic carbocycles. The summed E-state index contributed by atoms with van der Waals surface area (Å²) in [6.45, 7) is 4.13. The van der Waals surface area contributed by atoms with E-state index in [0.717, 1.165) is 49.7 Å². The van der Waals surface area contributed by atoms with Crippen LogP contribution in [0.4, 0.5) is 0 Å². The summed E-state index contributed by atoms with van der Waals surface area (Å²) >= 11 is 0. The van der Waals surface area contributed by atoms with Gasteiger partial charge in [0.25, 0.3) is 0 Å². The molecular formula is C18H32N4O3S. The van der Waals surface area contributed by atoms with Crippen molar-refractivity contribution in [1.29, 1.82) is 0 Å². The predicted octanol–water partition coefficient (Wildman–Crippen LogP) is 0.865. The highest BCUT2D eigenvalue weighted by atomic mass is 32.2. The summed E-state index contributed by atoms with van der Waals surface area (Å²) in [6, 6.07) is 7.57. The Labute approximate surface area is 157 Å². The van der Waals surface area contributed by atoms with Crippen molar-refractivity contribution < 1.29 is 13.2 Å². The number of ether oxygens (including phenoxy) is 1. The van der Waals surface area contributed by atoms with Gasteiger partial charge in [0, 0.05) is 53.2 Å². The van der Waals surface area contributed by atoms with E-state index in [9.17, 15) is 8.42 Å². The maximum atomic E-state index is 11.3. The van der Waals surface area contributed by atoms with Gasteiger partial charge in [-0.1, -0.05) is 24.3 Å². The minimum Gasteiger partial charge on any atom is -0.385 e. The van der Waals surface area contributed by atoms with Crippen LogP contribution in [0, 0.1) is 0 Å². The Morgan fingerprint density at radius 2 is 1.81 bits per heavy atom. The van der Waals surface area contributed by atoms with Crippen LogP contribution in [0.25, 0.3) is 0 Å². The van der Waals surface area contributed by atoms with Gasteiger partial charge >= 0.3 is 0 Å². The van der Waals surface area contributed by atoms with Gasteiger partial charge in [-0.3, -0.25) is 4.99 Å². The fourth-order valence-corrected chi connectivity index (χ4v) is 3.22. The lowest BCUT2D eigenvalue weighted by atomic mass is 10.1. The van der Waals surface area contributed by atoms with Gasteiger partial charge in [-0.15, -0.1) is 0 Å². The second-order valence-electron chi connectivity index (χ2n) is 6.39. The molecule has 0 bridgehead atoms. The third-order valence-electron chi connectivity index (χ3n) is 3.81. The zero-order chi connectivity index (χ0) is 19.4. The molecule has 1 rings (SSSR count). The number of nitrogens with one attached hydrogen (secondary N) is 2. The van der Waals surface area contributed by atoms with Crippen LogP contribution in [-0.4, -0.2) is 73.0 Å². The first-order valence-electron chi connectivity index (χ1n) is 8.71. The van der Waals surface area contributed by atoms with E-state index in [1.165, 1.54) is 6.26 Å². The zero-order valence-corrected chi connectivity index (χ0v) is 17.1. The number of likely N-dealkylation sites (N-methyl/N-ethyl adjacent to an activating group) is 1. The molecule has 0 amide bonds. The minimum absolute atomic E-state index is 0.0713. The van der Waals surface area contributed by atoms with E-state index in [1.54, 1.807) is 14.2 Å². The molecule has 0 radical (unpaired) electrons. The van der Waals surface area contributed by atoms with Gasteiger partial charge in [-0.05, 0) is 24.6 Å². The van der Waals surface area contributed by atoms with Crippen molar-refractivity contribution >= 4 is 15.8 Å². The maximum Gasteiger partial charge on any atom is 0.191 e. The Morgan fingerprint density at radius 1 is 1.15 bits per heavy atom. The van der Waals surface area contributed by atoms with Gasteiger partial charge in [-0.25, -0.2) is 8.42 Å². The quantitative estimate of drug-likeness (QED) is 0.335. The summed E-state index contributed by atoms with van der Waals surface area (Å²) in [7, 11) is 2.55. The lowest BCUT2D eigenvalue weighted by Crippen LogP contribution is -2.40. The van der Waals surface area contributed by atoms with Crippen LogP contribution in [0.2, 0.25) is 0 Å². The molecule has 0 aromatic heterocycles. The van der Waals surface area contributed by atoms with Gasteiger partial charge in [0.05, 0.1) is 5.75 Å². The Kier molecular flexibility index (Phi) is 10.2. The Hall–Kier alpha value is -1.64. The summed E-state index contributed by atoms with van der Waals surface area (Å²) in [5.41, 5.74) is 1.87. The lowest BCUT2D eigenvalue weighted by molar-refractivity contribution is 0.180. The molecule has 148 valence electrons. The SMILES string of the molecule is CN=C(NCCN(C)CCCOC)NCc1ccc(CS(C)(=O)=O)cc1. The van der Waals surface area contributed by atoms with Crippen LogP contribution >= 0.6 is 0 Å². The van der Waals surface area contributed by atoms with E-state index in [-0.39, 0.29) is 5.75 Å². The third-order valence-corrected chi connectivity index (χ3v) is 4.67. The molecule has 0 spiro atoms. The molecule has 0 aliphatic carbocycles. The number of sulfone groups is 1. The first kappa shape index (κ1) is 22.4. The van der Waals surface area contributed by atoms with Crippen LogP contribution in [0.5, 0.6) is 0 Å². The molecule has 26 heavy (non-hydrogen) atoms. The fourth-order valence-electron chi connectivity index (χ4n) is 2.42. The van der Waals surface area contributed by atoms with Crippen molar-refractivity contribution in [2.45, 2.75) is 18.7 Å². The van der Waals surface area contributed by atoms with Gasteiger partial charge in [0.1, 0.15) is 0 Å². The van der Waals surface area contributed by atoms with E-state index in [1.807, 2.05) is 24.3 Å². The Bertz CT molecular complexity index is 645. The molecule has 2 N–H and O–H groups in total. The van der Waals surface area contributed by atoms with Gasteiger partial charge in [0.15, 0.2) is 15.8 Å². The molecule has 0 saturated carbocycles. The van der Waals surface area contributed by atoms with Crippen molar-refractivity contribution in [3.8, 4) is 0 Å². The Morgan fingerprint density at radius 3 is 2.38 bits per heavy atom. The average Bonchev–Trinajstić information content (AvgIpc) is 2.58. The number of hydrogen-bond donors (Lipinski definition) is 2. The van der Waals surface area contributed by atoms with E-state index in [2.05, 4.69) is 27.6 Å². The molecule has 0 saturated heterocycles. The molecule has 8 heteroatoms. The molecule has 0 fully saturated rings. The van der Waals surface area contributed by atoms with Crippen molar-refractivity contribution in [3.05, 3.63) is 35.4 Å². The van der Waals surface area contributed by atoms with Crippen LogP contribution in [0.15, 0.2) is 29.3 Å². The summed E-state index contributed by atoms with van der Waals surface area (Å²) < 4.78 is 27.7. The lowest BCUT2D eigenvalue weighted by Gasteiger charge is -2.18. The molecule has 0 aliphatic heterocycles. The van der Waals surface area contributed by atoms with Gasteiger partial charge in [0.2, 0.25) is 0 Å². The molecule has 0 heterocycles. The first-order valence-corrected chi connectivity index (χ1v) is 10.8. The maximum absolute atomic E-state index is 11.3. The predicted molar refractivity (Wildman–Crippen MR) is 107 cm³/mol. The number of rotatable bonds is 11. The largest absolute Gasteiger partial charge is 0.385 e. The van der Waals surface area contributed by atoms with E-state index < -0.39 is 9.84 Å². The van der Waals surface area contributed by atoms with Crippen molar-refractivity contribution in [2.75, 3.05) is 53.7 Å². The monoisotopic (exact) mass is 384 g/mol. The highest BCUT2D eigenvalue weighted by Crippen LogP contribution is 2.07. The second-order valence-corrected chi connectivity index (χ2v) is 8.53. The van der Waals surface area contributed by atoms with Crippen LogP contribution < -0.4 is 10.6 Å². The van der Waals surface area contributed by atoms with Crippen molar-refractivity contribution in [1.82, 2.24) is 15.5 Å². The molecule has 0 aliphatic rings. The van der Waals surface area contributed by atoms with Crippen LogP contribution in [-0.2, 0) is 26.9 Å². The number of benzene rings is 1. The van der Waals surface area contributed by atoms with E-state index >= 15 is 0 Å². The second kappa shape index (κ2) is 11.9. The topological polar surface area (TPSA) is 83.0 Å². The molecule has 7 nitrogen and oxygen atoms in total. The van der Waals surface area contributed by atoms with Crippen LogP contribution in [0.3, 0.4) is 0 Å². The zero-order valence-electron chi connectivity index (χ0n) is 16.3. The summed E-state index contributed by atoms with van der Waals surface area (Å²) in [5, 5.41) is 6.55. The highest BCUT2D eigenvalue weighted by molar-refractivity contribution is 7.89. The molecule has 0 atom stereocenters. The molecular weight excluding hydrogens is 352 g/mol. The summed E-state index contributed by atoms with van der Waals surface area (Å²) in [4.78, 5) is 6.47. The normalized spacial score (nSPS) is 12.4. The summed E-state index contributed by atoms with van der Waals surface area (Å²) in [5.74, 6) is 0.817. The van der Waals surface area contributed by atoms with Crippen molar-refractivity contribution in [2.24, 2.45) is 4.99 Å². The number of nitrogens with zero attached hydrogens (tertiary/aromatic N) is 2. The molecule has 0 unspecified atom stereocenters. The standard InChI is InChI=1S/C18H32N4O3S/c1-19-18(20-10-12-22(2)11-5-13-25-3)21-14-16-6-8-17(9-7-16)15-26(4,23)24/h6-9H,5,10-15H2,1-4H3,(H2,19,20,21). The van der Waals surface area contributed by atoms with Gasteiger partial charge < -0.3 is 20.3 Å². The van der Waals surface area contributed by atoms with Crippen LogP contribution in [0.1, 0.15) is 17.5 Å². The summed E-state index contributed by atoms with van der Waals surface area (Å²) in [6.07, 6.45) is 2.27. The minimum atomic E-state index is -3.00. The number of methoxy groups -OCH3 is 1. The number of aliphatic imine (C=N–C) groups is 1. The number of guanidine groups is 1. The van der Waals surface area contributed by atoms with Gasteiger partial charge in [-0.2, -0.15) is 0 Å². The first-order chi connectivity index (χ1) is 12.3. The van der Waals surface area contributed by atoms with E-state index in [4.69, 9.17) is 4.74 Å². The third kappa shape index (κ3) is 10.4. The molecule has 1 aromatic rings. The fraction of sp³-hybridized carbons (Fsp3) is 0.611. The number of hydrogen-bond acceptors (Lipinski definition) is 5. The van der Waals surface area contributed by atoms with Crippen molar-refractivity contribution in [3.63, 3.8) is 0 Å². The Balaban J connectivity index is 2.33. The van der Waals surface area contributed by atoms with E-state index in [0.29, 0.717) is 6.54 Å². The average molecular weight is 385 g/mol. The highest BCUT2D eigenvalue weighted by Gasteiger charge is 2.05.